The van der Waals surface area contributed by atoms with Crippen LogP contribution in [0.25, 0.3) is 21.5 Å². The Morgan fingerprint density at radius 1 is 1.04 bits per heavy atom. The SMILES string of the molecule is COc1cccc(-c2nc(CSc3nc(C)nc4ccccc34)cs2)c1. The Kier molecular flexibility index (Phi) is 4.86. The highest BCUT2D eigenvalue weighted by atomic mass is 32.2. The number of rotatable bonds is 5. The van der Waals surface area contributed by atoms with Crippen LogP contribution in [-0.2, 0) is 5.75 Å². The number of thiazole rings is 1. The molecule has 4 aromatic rings. The van der Waals surface area contributed by atoms with E-state index in [1.807, 2.05) is 43.3 Å². The van der Waals surface area contributed by atoms with Gasteiger partial charge in [-0.2, -0.15) is 0 Å². The Balaban J connectivity index is 1.55. The van der Waals surface area contributed by atoms with E-state index < -0.39 is 0 Å². The van der Waals surface area contributed by atoms with Crippen LogP contribution in [0.15, 0.2) is 58.9 Å². The molecule has 0 bridgehead atoms. The lowest BCUT2D eigenvalue weighted by Gasteiger charge is -2.05. The molecule has 26 heavy (non-hydrogen) atoms. The quantitative estimate of drug-likeness (QED) is 0.345. The minimum absolute atomic E-state index is 0.779. The van der Waals surface area contributed by atoms with Crippen molar-refractivity contribution in [3.63, 3.8) is 0 Å². The van der Waals surface area contributed by atoms with Crippen molar-refractivity contribution in [2.45, 2.75) is 17.7 Å². The van der Waals surface area contributed by atoms with Gasteiger partial charge in [-0.25, -0.2) is 15.0 Å². The Hall–Kier alpha value is -2.44. The lowest BCUT2D eigenvalue weighted by molar-refractivity contribution is 0.415. The first kappa shape index (κ1) is 17.0. The van der Waals surface area contributed by atoms with Crippen molar-refractivity contribution >= 4 is 34.0 Å². The molecule has 2 aromatic carbocycles. The Labute approximate surface area is 160 Å². The number of hydrogen-bond donors (Lipinski definition) is 0. The number of para-hydroxylation sites is 1. The minimum Gasteiger partial charge on any atom is -0.497 e. The molecule has 0 atom stereocenters. The molecule has 0 saturated heterocycles. The molecule has 0 unspecified atom stereocenters. The summed E-state index contributed by atoms with van der Waals surface area (Å²) in [6, 6.07) is 16.1. The third kappa shape index (κ3) is 3.57. The van der Waals surface area contributed by atoms with Gasteiger partial charge in [0.25, 0.3) is 0 Å². The molecule has 4 rings (SSSR count). The first-order chi connectivity index (χ1) is 12.7. The predicted molar refractivity (Wildman–Crippen MR) is 108 cm³/mol. The van der Waals surface area contributed by atoms with E-state index in [1.165, 1.54) is 0 Å². The molecule has 0 aliphatic rings. The van der Waals surface area contributed by atoms with Gasteiger partial charge in [-0.1, -0.05) is 42.1 Å². The molecule has 2 heterocycles. The number of fused-ring (bicyclic) bond motifs is 1. The van der Waals surface area contributed by atoms with Crippen molar-refractivity contribution in [1.29, 1.82) is 0 Å². The van der Waals surface area contributed by atoms with Crippen molar-refractivity contribution in [1.82, 2.24) is 15.0 Å². The first-order valence-corrected chi connectivity index (χ1v) is 10.0. The van der Waals surface area contributed by atoms with E-state index in [0.29, 0.717) is 0 Å². The van der Waals surface area contributed by atoms with E-state index in [2.05, 4.69) is 27.5 Å². The van der Waals surface area contributed by atoms with Gasteiger partial charge in [-0.15, -0.1) is 11.3 Å². The van der Waals surface area contributed by atoms with Gasteiger partial charge in [0, 0.05) is 22.1 Å². The molecule has 6 heteroatoms. The second-order valence-electron chi connectivity index (χ2n) is 5.76. The average Bonchev–Trinajstić information content (AvgIpc) is 3.15. The molecular weight excluding hydrogens is 362 g/mol. The third-order valence-electron chi connectivity index (χ3n) is 3.91. The van der Waals surface area contributed by atoms with Crippen LogP contribution in [0.5, 0.6) is 5.75 Å². The highest BCUT2D eigenvalue weighted by molar-refractivity contribution is 7.98. The standard InChI is InChI=1S/C20H17N3OS2/c1-13-21-18-9-4-3-8-17(18)20(22-13)26-12-15-11-25-19(23-15)14-6-5-7-16(10-14)24-2/h3-11H,12H2,1-2H3. The van der Waals surface area contributed by atoms with Crippen LogP contribution in [-0.4, -0.2) is 22.1 Å². The maximum Gasteiger partial charge on any atom is 0.127 e. The summed E-state index contributed by atoms with van der Waals surface area (Å²) < 4.78 is 5.30. The monoisotopic (exact) mass is 379 g/mol. The summed E-state index contributed by atoms with van der Waals surface area (Å²) >= 11 is 3.35. The predicted octanol–water partition coefficient (Wildman–Crippen LogP) is 5.36. The Morgan fingerprint density at radius 2 is 1.92 bits per heavy atom. The number of benzene rings is 2. The lowest BCUT2D eigenvalue weighted by atomic mass is 10.2. The minimum atomic E-state index is 0.779. The molecular formula is C20H17N3OS2. The second kappa shape index (κ2) is 7.43. The van der Waals surface area contributed by atoms with Gasteiger partial charge in [0.05, 0.1) is 18.3 Å². The van der Waals surface area contributed by atoms with Gasteiger partial charge in [0.1, 0.15) is 21.6 Å². The lowest BCUT2D eigenvalue weighted by Crippen LogP contribution is -1.93. The van der Waals surface area contributed by atoms with Crippen LogP contribution in [0.2, 0.25) is 0 Å². The van der Waals surface area contributed by atoms with E-state index in [0.717, 1.165) is 49.5 Å². The van der Waals surface area contributed by atoms with E-state index in [1.54, 1.807) is 30.2 Å². The van der Waals surface area contributed by atoms with Crippen molar-refractivity contribution < 1.29 is 4.74 Å². The van der Waals surface area contributed by atoms with Crippen molar-refractivity contribution in [2.75, 3.05) is 7.11 Å². The van der Waals surface area contributed by atoms with E-state index in [9.17, 15) is 0 Å². The number of methoxy groups -OCH3 is 1. The molecule has 130 valence electrons. The van der Waals surface area contributed by atoms with Gasteiger partial charge in [-0.05, 0) is 25.1 Å². The molecule has 0 spiro atoms. The summed E-state index contributed by atoms with van der Waals surface area (Å²) in [5.41, 5.74) is 3.12. The molecule has 0 aliphatic carbocycles. The van der Waals surface area contributed by atoms with Crippen LogP contribution in [0, 0.1) is 6.92 Å². The highest BCUT2D eigenvalue weighted by Crippen LogP contribution is 2.31. The first-order valence-electron chi connectivity index (χ1n) is 8.18. The Morgan fingerprint density at radius 3 is 2.81 bits per heavy atom. The van der Waals surface area contributed by atoms with Gasteiger partial charge in [-0.3, -0.25) is 0 Å². The fourth-order valence-corrected chi connectivity index (χ4v) is 4.55. The van der Waals surface area contributed by atoms with Crippen molar-refractivity contribution in [3.8, 4) is 16.3 Å². The van der Waals surface area contributed by atoms with E-state index >= 15 is 0 Å². The van der Waals surface area contributed by atoms with Gasteiger partial charge < -0.3 is 4.74 Å². The van der Waals surface area contributed by atoms with E-state index in [4.69, 9.17) is 9.72 Å². The molecule has 0 radical (unpaired) electrons. The number of thioether (sulfide) groups is 1. The van der Waals surface area contributed by atoms with Crippen LogP contribution < -0.4 is 4.74 Å². The van der Waals surface area contributed by atoms with Gasteiger partial charge in [0.2, 0.25) is 0 Å². The molecule has 0 N–H and O–H groups in total. The summed E-state index contributed by atoms with van der Waals surface area (Å²) in [4.78, 5) is 13.9. The molecule has 0 aliphatic heterocycles. The topological polar surface area (TPSA) is 47.9 Å². The van der Waals surface area contributed by atoms with Crippen LogP contribution >= 0.6 is 23.1 Å². The highest BCUT2D eigenvalue weighted by Gasteiger charge is 2.10. The fraction of sp³-hybridized carbons (Fsp3) is 0.150. The van der Waals surface area contributed by atoms with Crippen LogP contribution in [0.1, 0.15) is 11.5 Å². The summed E-state index contributed by atoms with van der Waals surface area (Å²) in [7, 11) is 1.68. The zero-order chi connectivity index (χ0) is 17.9. The normalized spacial score (nSPS) is 11.0. The molecule has 0 amide bonds. The van der Waals surface area contributed by atoms with Crippen LogP contribution in [0.4, 0.5) is 0 Å². The third-order valence-corrected chi connectivity index (χ3v) is 5.87. The van der Waals surface area contributed by atoms with Gasteiger partial charge >= 0.3 is 0 Å². The van der Waals surface area contributed by atoms with Gasteiger partial charge in [0.15, 0.2) is 0 Å². The smallest absolute Gasteiger partial charge is 0.127 e. The number of aryl methyl sites for hydroxylation is 1. The average molecular weight is 380 g/mol. The molecule has 4 nitrogen and oxygen atoms in total. The Bertz CT molecular complexity index is 1060. The second-order valence-corrected chi connectivity index (χ2v) is 7.58. The summed E-state index contributed by atoms with van der Waals surface area (Å²) in [6.07, 6.45) is 0. The maximum atomic E-state index is 5.30. The van der Waals surface area contributed by atoms with Crippen LogP contribution in [0.3, 0.4) is 0 Å². The fourth-order valence-electron chi connectivity index (χ4n) is 2.67. The zero-order valence-electron chi connectivity index (χ0n) is 14.5. The number of nitrogens with zero attached hydrogens (tertiary/aromatic N) is 3. The molecule has 0 saturated carbocycles. The number of hydrogen-bond acceptors (Lipinski definition) is 6. The van der Waals surface area contributed by atoms with E-state index in [-0.39, 0.29) is 0 Å². The van der Waals surface area contributed by atoms with Crippen molar-refractivity contribution in [3.05, 3.63) is 65.4 Å². The zero-order valence-corrected chi connectivity index (χ0v) is 16.1. The maximum absolute atomic E-state index is 5.30. The summed E-state index contributed by atoms with van der Waals surface area (Å²) in [5.74, 6) is 2.42. The van der Waals surface area contributed by atoms with Crippen molar-refractivity contribution in [2.24, 2.45) is 0 Å². The number of ether oxygens (including phenoxy) is 1. The summed E-state index contributed by atoms with van der Waals surface area (Å²) in [6.45, 7) is 1.93. The largest absolute Gasteiger partial charge is 0.497 e. The molecule has 0 fully saturated rings. The number of aromatic nitrogens is 3. The summed E-state index contributed by atoms with van der Waals surface area (Å²) in [5, 5.41) is 5.21. The molecule has 2 aromatic heterocycles.